The van der Waals surface area contributed by atoms with Gasteiger partial charge in [0.15, 0.2) is 0 Å². The summed E-state index contributed by atoms with van der Waals surface area (Å²) in [6.45, 7) is 13.8. The van der Waals surface area contributed by atoms with E-state index < -0.39 is 5.60 Å². The quantitative estimate of drug-likeness (QED) is 0.482. The van der Waals surface area contributed by atoms with Crippen molar-refractivity contribution < 1.29 is 24.2 Å². The standard InChI is InChI=1S/C20H28O5/c1-10(2)6-17(21)24-16-9-20(5,23)14-8-13-12(4)19(22)25-15(13)7-11(3)18(14)16/h10,13-16,18,23H,3-4,6-9H2,1-2,5H3/t13-,14-,15-,16+,18-,20-/m1/s1. The van der Waals surface area contributed by atoms with E-state index in [4.69, 9.17) is 9.47 Å². The number of esters is 2. The van der Waals surface area contributed by atoms with Crippen LogP contribution < -0.4 is 0 Å². The fraction of sp³-hybridized carbons (Fsp3) is 0.700. The van der Waals surface area contributed by atoms with Gasteiger partial charge in [-0.15, -0.1) is 0 Å². The number of hydrogen-bond acceptors (Lipinski definition) is 5. The molecule has 0 radical (unpaired) electrons. The van der Waals surface area contributed by atoms with Gasteiger partial charge in [0.05, 0.1) is 5.60 Å². The molecule has 0 aromatic carbocycles. The van der Waals surface area contributed by atoms with Gasteiger partial charge in [-0.25, -0.2) is 4.79 Å². The Morgan fingerprint density at radius 2 is 2.12 bits per heavy atom. The van der Waals surface area contributed by atoms with Crippen LogP contribution in [0.4, 0.5) is 0 Å². The maximum absolute atomic E-state index is 12.2. The molecule has 3 rings (SSSR count). The molecule has 6 atom stereocenters. The number of carbonyl (C=O) groups is 2. The minimum absolute atomic E-state index is 0.101. The summed E-state index contributed by atoms with van der Waals surface area (Å²) >= 11 is 0. The van der Waals surface area contributed by atoms with Crippen molar-refractivity contribution in [1.29, 1.82) is 0 Å². The summed E-state index contributed by atoms with van der Waals surface area (Å²) < 4.78 is 11.2. The van der Waals surface area contributed by atoms with Crippen molar-refractivity contribution in [2.45, 2.75) is 64.3 Å². The molecule has 0 bridgehead atoms. The van der Waals surface area contributed by atoms with Crippen LogP contribution >= 0.6 is 0 Å². The van der Waals surface area contributed by atoms with Crippen LogP contribution in [0.3, 0.4) is 0 Å². The highest BCUT2D eigenvalue weighted by atomic mass is 16.6. The predicted octanol–water partition coefficient (Wildman–Crippen LogP) is 2.78. The molecule has 138 valence electrons. The lowest BCUT2D eigenvalue weighted by molar-refractivity contribution is -0.151. The molecule has 0 aromatic heterocycles. The zero-order chi connectivity index (χ0) is 18.5. The van der Waals surface area contributed by atoms with Crippen LogP contribution in [0.1, 0.15) is 46.5 Å². The molecule has 3 fully saturated rings. The Labute approximate surface area is 149 Å². The van der Waals surface area contributed by atoms with Crippen molar-refractivity contribution in [2.24, 2.45) is 23.7 Å². The van der Waals surface area contributed by atoms with E-state index in [-0.39, 0.29) is 47.8 Å². The van der Waals surface area contributed by atoms with Gasteiger partial charge in [-0.2, -0.15) is 0 Å². The summed E-state index contributed by atoms with van der Waals surface area (Å²) in [7, 11) is 0. The number of hydrogen-bond donors (Lipinski definition) is 1. The Morgan fingerprint density at radius 3 is 2.76 bits per heavy atom. The smallest absolute Gasteiger partial charge is 0.334 e. The molecule has 1 N–H and O–H groups in total. The summed E-state index contributed by atoms with van der Waals surface area (Å²) in [5.74, 6) is -0.690. The Kier molecular flexibility index (Phi) is 4.56. The molecule has 5 nitrogen and oxygen atoms in total. The van der Waals surface area contributed by atoms with Crippen molar-refractivity contribution in [3.63, 3.8) is 0 Å². The number of carbonyl (C=O) groups excluding carboxylic acids is 2. The van der Waals surface area contributed by atoms with Gasteiger partial charge in [-0.3, -0.25) is 4.79 Å². The van der Waals surface area contributed by atoms with Gasteiger partial charge in [0, 0.05) is 36.7 Å². The van der Waals surface area contributed by atoms with Gasteiger partial charge in [-0.1, -0.05) is 32.6 Å². The highest BCUT2D eigenvalue weighted by Gasteiger charge is 2.57. The summed E-state index contributed by atoms with van der Waals surface area (Å²) in [4.78, 5) is 24.0. The second-order valence-corrected chi connectivity index (χ2v) is 8.49. The van der Waals surface area contributed by atoms with Crippen LogP contribution in [0.5, 0.6) is 0 Å². The molecule has 25 heavy (non-hydrogen) atoms. The van der Waals surface area contributed by atoms with Crippen LogP contribution in [-0.2, 0) is 19.1 Å². The highest BCUT2D eigenvalue weighted by molar-refractivity contribution is 5.90. The molecule has 2 saturated carbocycles. The Hall–Kier alpha value is -1.62. The van der Waals surface area contributed by atoms with Crippen LogP contribution in [0.25, 0.3) is 0 Å². The fourth-order valence-corrected chi connectivity index (χ4v) is 4.76. The third kappa shape index (κ3) is 3.26. The van der Waals surface area contributed by atoms with Gasteiger partial charge in [0.2, 0.25) is 0 Å². The fourth-order valence-electron chi connectivity index (χ4n) is 4.76. The van der Waals surface area contributed by atoms with Crippen LogP contribution in [0.15, 0.2) is 24.3 Å². The lowest BCUT2D eigenvalue weighted by Crippen LogP contribution is -2.33. The zero-order valence-corrected chi connectivity index (χ0v) is 15.3. The van der Waals surface area contributed by atoms with Crippen molar-refractivity contribution in [3.8, 4) is 0 Å². The lowest BCUT2D eigenvalue weighted by Gasteiger charge is -2.29. The van der Waals surface area contributed by atoms with E-state index in [1.807, 2.05) is 13.8 Å². The first-order valence-corrected chi connectivity index (χ1v) is 9.09. The Balaban J connectivity index is 1.84. The molecular weight excluding hydrogens is 320 g/mol. The SMILES string of the molecule is C=C1C[C@H]2OC(=O)C(=C)[C@H]2C[C@@H]2[C@@H]1[C@@H](OC(=O)CC(C)C)C[C@@]2(C)O. The zero-order valence-electron chi connectivity index (χ0n) is 15.3. The molecule has 0 amide bonds. The van der Waals surface area contributed by atoms with Crippen molar-refractivity contribution in [3.05, 3.63) is 24.3 Å². The molecule has 1 aliphatic heterocycles. The maximum atomic E-state index is 12.2. The first-order chi connectivity index (χ1) is 11.6. The van der Waals surface area contributed by atoms with Crippen LogP contribution in [0, 0.1) is 23.7 Å². The molecular formula is C20H28O5. The van der Waals surface area contributed by atoms with Gasteiger partial charge in [0.1, 0.15) is 12.2 Å². The summed E-state index contributed by atoms with van der Waals surface area (Å²) in [6, 6.07) is 0. The largest absolute Gasteiger partial charge is 0.462 e. The highest BCUT2D eigenvalue weighted by Crippen LogP contribution is 2.53. The van der Waals surface area contributed by atoms with Crippen molar-refractivity contribution >= 4 is 11.9 Å². The first-order valence-electron chi connectivity index (χ1n) is 9.09. The third-order valence-corrected chi connectivity index (χ3v) is 5.96. The second kappa shape index (κ2) is 6.27. The number of ether oxygens (including phenoxy) is 2. The molecule has 0 spiro atoms. The van der Waals surface area contributed by atoms with Crippen LogP contribution in [0.2, 0.25) is 0 Å². The van der Waals surface area contributed by atoms with Gasteiger partial charge >= 0.3 is 11.9 Å². The first kappa shape index (κ1) is 18.2. The maximum Gasteiger partial charge on any atom is 0.334 e. The molecule has 0 aromatic rings. The summed E-state index contributed by atoms with van der Waals surface area (Å²) in [6.07, 6.45) is 1.25. The average Bonchev–Trinajstić information content (AvgIpc) is 2.79. The van der Waals surface area contributed by atoms with Gasteiger partial charge in [0.25, 0.3) is 0 Å². The third-order valence-electron chi connectivity index (χ3n) is 5.96. The molecule has 1 heterocycles. The van der Waals surface area contributed by atoms with E-state index in [0.717, 1.165) is 5.57 Å². The van der Waals surface area contributed by atoms with E-state index in [9.17, 15) is 14.7 Å². The van der Waals surface area contributed by atoms with Crippen molar-refractivity contribution in [2.75, 3.05) is 0 Å². The number of aliphatic hydroxyl groups is 1. The van der Waals surface area contributed by atoms with E-state index in [1.54, 1.807) is 6.92 Å². The molecule has 2 aliphatic carbocycles. The predicted molar refractivity (Wildman–Crippen MR) is 92.4 cm³/mol. The lowest BCUT2D eigenvalue weighted by atomic mass is 9.78. The molecule has 1 saturated heterocycles. The second-order valence-electron chi connectivity index (χ2n) is 8.49. The summed E-state index contributed by atoms with van der Waals surface area (Å²) in [5, 5.41) is 11.0. The van der Waals surface area contributed by atoms with Gasteiger partial charge in [-0.05, 0) is 25.2 Å². The minimum Gasteiger partial charge on any atom is -0.462 e. The Bertz CT molecular complexity index is 618. The van der Waals surface area contributed by atoms with E-state index >= 15 is 0 Å². The minimum atomic E-state index is -0.975. The topological polar surface area (TPSA) is 72.8 Å². The van der Waals surface area contributed by atoms with E-state index in [2.05, 4.69) is 13.2 Å². The van der Waals surface area contributed by atoms with Crippen LogP contribution in [-0.4, -0.2) is 34.9 Å². The molecule has 0 unspecified atom stereocenters. The average molecular weight is 348 g/mol. The van der Waals surface area contributed by atoms with Gasteiger partial charge < -0.3 is 14.6 Å². The number of fused-ring (bicyclic) bond motifs is 2. The summed E-state index contributed by atoms with van der Waals surface area (Å²) in [5.41, 5.74) is 0.395. The van der Waals surface area contributed by atoms with Crippen molar-refractivity contribution in [1.82, 2.24) is 0 Å². The Morgan fingerprint density at radius 1 is 1.44 bits per heavy atom. The van der Waals surface area contributed by atoms with E-state index in [0.29, 0.717) is 31.3 Å². The molecule has 5 heteroatoms. The monoisotopic (exact) mass is 348 g/mol. The van der Waals surface area contributed by atoms with E-state index in [1.165, 1.54) is 0 Å². The molecule has 3 aliphatic rings. The normalized spacial score (nSPS) is 40.5. The number of rotatable bonds is 3.